The van der Waals surface area contributed by atoms with Crippen LogP contribution < -0.4 is 5.73 Å². The number of hydrogen-bond donors (Lipinski definition) is 1. The molecule has 0 amide bonds. The van der Waals surface area contributed by atoms with E-state index in [4.69, 9.17) is 5.73 Å². The maximum Gasteiger partial charge on any atom is 0.200 e. The van der Waals surface area contributed by atoms with E-state index in [2.05, 4.69) is 16.5 Å². The minimum Gasteiger partial charge on any atom is -0.369 e. The molecule has 3 nitrogen and oxygen atoms in total. The molecular formula is C8H13N3. The Balaban J connectivity index is 2.36. The second-order valence-corrected chi connectivity index (χ2v) is 3.06. The van der Waals surface area contributed by atoms with E-state index in [1.54, 1.807) is 0 Å². The van der Waals surface area contributed by atoms with Gasteiger partial charge in [0, 0.05) is 18.2 Å². The van der Waals surface area contributed by atoms with Gasteiger partial charge in [0.05, 0.1) is 6.20 Å². The van der Waals surface area contributed by atoms with Crippen molar-refractivity contribution in [1.29, 1.82) is 0 Å². The fourth-order valence-electron chi connectivity index (χ4n) is 1.45. The third-order valence-corrected chi connectivity index (χ3v) is 2.23. The molecule has 11 heavy (non-hydrogen) atoms. The van der Waals surface area contributed by atoms with Gasteiger partial charge in [0.15, 0.2) is 5.95 Å². The number of nitrogens with zero attached hydrogens (tertiary/aromatic N) is 2. The van der Waals surface area contributed by atoms with Crippen molar-refractivity contribution in [3.63, 3.8) is 0 Å². The van der Waals surface area contributed by atoms with E-state index in [1.807, 2.05) is 6.20 Å². The number of aromatic nitrogens is 2. The second-order valence-electron chi connectivity index (χ2n) is 3.06. The minimum atomic E-state index is 0.661. The number of hydrogen-bond acceptors (Lipinski definition) is 2. The van der Waals surface area contributed by atoms with Gasteiger partial charge in [0.1, 0.15) is 0 Å². The number of anilines is 1. The fraction of sp³-hybridized carbons (Fsp3) is 0.625. The lowest BCUT2D eigenvalue weighted by atomic mass is 10.3. The van der Waals surface area contributed by atoms with Gasteiger partial charge in [-0.1, -0.05) is 0 Å². The Labute approximate surface area is 66.2 Å². The van der Waals surface area contributed by atoms with Crippen LogP contribution in [0.1, 0.15) is 31.4 Å². The lowest BCUT2D eigenvalue weighted by molar-refractivity contribution is 0.724. The summed E-state index contributed by atoms with van der Waals surface area (Å²) in [6.45, 7) is 3.04. The molecule has 0 aromatic carbocycles. The first-order chi connectivity index (χ1) is 5.33. The molecule has 1 heterocycles. The molecule has 0 bridgehead atoms. The summed E-state index contributed by atoms with van der Waals surface area (Å²) in [5.74, 6) is 1.41. The molecule has 1 aliphatic rings. The van der Waals surface area contributed by atoms with Gasteiger partial charge < -0.3 is 10.3 Å². The molecule has 1 saturated carbocycles. The molecule has 1 aromatic rings. The quantitative estimate of drug-likeness (QED) is 0.693. The van der Waals surface area contributed by atoms with Crippen molar-refractivity contribution in [3.05, 3.63) is 11.9 Å². The fourth-order valence-corrected chi connectivity index (χ4v) is 1.45. The summed E-state index contributed by atoms with van der Waals surface area (Å²) in [6, 6.07) is 0. The number of imidazole rings is 1. The van der Waals surface area contributed by atoms with E-state index >= 15 is 0 Å². The number of nitrogen functional groups attached to an aromatic ring is 1. The van der Waals surface area contributed by atoms with Gasteiger partial charge in [0.2, 0.25) is 0 Å². The Kier molecular flexibility index (Phi) is 1.37. The minimum absolute atomic E-state index is 0.661. The zero-order valence-electron chi connectivity index (χ0n) is 6.75. The van der Waals surface area contributed by atoms with E-state index in [0.29, 0.717) is 5.95 Å². The summed E-state index contributed by atoms with van der Waals surface area (Å²) in [7, 11) is 0. The molecule has 0 radical (unpaired) electrons. The summed E-state index contributed by atoms with van der Waals surface area (Å²) in [5, 5.41) is 0. The van der Waals surface area contributed by atoms with Crippen LogP contribution in [0, 0.1) is 0 Å². The molecule has 0 atom stereocenters. The predicted octanol–water partition coefficient (Wildman–Crippen LogP) is 1.36. The molecule has 0 aliphatic heterocycles. The third-order valence-electron chi connectivity index (χ3n) is 2.23. The van der Waals surface area contributed by atoms with Crippen molar-refractivity contribution in [2.24, 2.45) is 0 Å². The summed E-state index contributed by atoms with van der Waals surface area (Å²) in [5.41, 5.74) is 6.99. The van der Waals surface area contributed by atoms with E-state index < -0.39 is 0 Å². The Bertz CT molecular complexity index is 260. The molecule has 0 spiro atoms. The molecule has 1 fully saturated rings. The first-order valence-corrected chi connectivity index (χ1v) is 4.13. The van der Waals surface area contributed by atoms with Crippen molar-refractivity contribution < 1.29 is 0 Å². The van der Waals surface area contributed by atoms with Gasteiger partial charge in [-0.3, -0.25) is 0 Å². The zero-order chi connectivity index (χ0) is 7.84. The zero-order valence-corrected chi connectivity index (χ0v) is 6.75. The van der Waals surface area contributed by atoms with Crippen molar-refractivity contribution in [1.82, 2.24) is 9.55 Å². The van der Waals surface area contributed by atoms with E-state index in [1.165, 1.54) is 18.5 Å². The van der Waals surface area contributed by atoms with E-state index in [0.717, 1.165) is 12.5 Å². The largest absolute Gasteiger partial charge is 0.369 e. The first-order valence-electron chi connectivity index (χ1n) is 4.13. The van der Waals surface area contributed by atoms with Crippen LogP contribution in [-0.2, 0) is 6.54 Å². The van der Waals surface area contributed by atoms with Gasteiger partial charge in [-0.25, -0.2) is 4.98 Å². The third kappa shape index (κ3) is 1.00. The van der Waals surface area contributed by atoms with Crippen LogP contribution in [0.25, 0.3) is 0 Å². The van der Waals surface area contributed by atoms with Crippen LogP contribution in [0.15, 0.2) is 6.20 Å². The summed E-state index contributed by atoms with van der Waals surface area (Å²) >= 11 is 0. The molecule has 2 rings (SSSR count). The molecule has 0 unspecified atom stereocenters. The molecule has 0 saturated heterocycles. The highest BCUT2D eigenvalue weighted by molar-refractivity contribution is 5.26. The van der Waals surface area contributed by atoms with Crippen LogP contribution in [0.5, 0.6) is 0 Å². The molecule has 1 aromatic heterocycles. The highest BCUT2D eigenvalue weighted by Gasteiger charge is 2.27. The first kappa shape index (κ1) is 6.70. The van der Waals surface area contributed by atoms with Crippen LogP contribution in [0.2, 0.25) is 0 Å². The van der Waals surface area contributed by atoms with Crippen molar-refractivity contribution in [2.45, 2.75) is 32.2 Å². The smallest absolute Gasteiger partial charge is 0.200 e. The van der Waals surface area contributed by atoms with Crippen LogP contribution in [-0.4, -0.2) is 9.55 Å². The number of nitrogens with two attached hydrogens (primary N) is 1. The van der Waals surface area contributed by atoms with Crippen molar-refractivity contribution in [3.8, 4) is 0 Å². The van der Waals surface area contributed by atoms with Crippen LogP contribution in [0.4, 0.5) is 5.95 Å². The molecular weight excluding hydrogens is 138 g/mol. The Morgan fingerprint density at radius 3 is 3.00 bits per heavy atom. The second kappa shape index (κ2) is 2.26. The van der Waals surface area contributed by atoms with Crippen LogP contribution in [0.3, 0.4) is 0 Å². The summed E-state index contributed by atoms with van der Waals surface area (Å²) < 4.78 is 2.09. The van der Waals surface area contributed by atoms with Crippen LogP contribution >= 0.6 is 0 Å². The molecule has 1 aliphatic carbocycles. The monoisotopic (exact) mass is 151 g/mol. The Morgan fingerprint density at radius 1 is 1.73 bits per heavy atom. The van der Waals surface area contributed by atoms with E-state index in [9.17, 15) is 0 Å². The van der Waals surface area contributed by atoms with Gasteiger partial charge >= 0.3 is 0 Å². The average molecular weight is 151 g/mol. The Morgan fingerprint density at radius 2 is 2.45 bits per heavy atom. The van der Waals surface area contributed by atoms with Gasteiger partial charge in [-0.2, -0.15) is 0 Å². The maximum atomic E-state index is 5.67. The van der Waals surface area contributed by atoms with Crippen molar-refractivity contribution >= 4 is 5.95 Å². The maximum absolute atomic E-state index is 5.67. The van der Waals surface area contributed by atoms with Gasteiger partial charge in [-0.05, 0) is 19.8 Å². The standard InChI is InChI=1S/C8H13N3/c1-2-11-7(6-3-4-6)5-10-8(11)9/h5-6H,2-4H2,1H3,(H2,9,10). The average Bonchev–Trinajstić information content (AvgIpc) is 2.76. The Hall–Kier alpha value is -0.990. The summed E-state index contributed by atoms with van der Waals surface area (Å²) in [4.78, 5) is 4.09. The molecule has 60 valence electrons. The SMILES string of the molecule is CCn1c(C2CC2)cnc1N. The normalized spacial score (nSPS) is 17.2. The molecule has 3 heteroatoms. The summed E-state index contributed by atoms with van der Waals surface area (Å²) in [6.07, 6.45) is 4.53. The topological polar surface area (TPSA) is 43.8 Å². The van der Waals surface area contributed by atoms with Crippen molar-refractivity contribution in [2.75, 3.05) is 5.73 Å². The highest BCUT2D eigenvalue weighted by atomic mass is 15.2. The molecule has 2 N–H and O–H groups in total. The lowest BCUT2D eigenvalue weighted by Gasteiger charge is -2.04. The van der Waals surface area contributed by atoms with Gasteiger partial charge in [0.25, 0.3) is 0 Å². The predicted molar refractivity (Wildman–Crippen MR) is 44.3 cm³/mol. The van der Waals surface area contributed by atoms with E-state index in [-0.39, 0.29) is 0 Å². The highest BCUT2D eigenvalue weighted by Crippen LogP contribution is 2.40. The lowest BCUT2D eigenvalue weighted by Crippen LogP contribution is -2.03. The number of rotatable bonds is 2. The van der Waals surface area contributed by atoms with Gasteiger partial charge in [-0.15, -0.1) is 0 Å².